The quantitative estimate of drug-likeness (QED) is 0.193. The molecule has 8 nitrogen and oxygen atoms in total. The predicted molar refractivity (Wildman–Crippen MR) is 147 cm³/mol. The molecule has 1 atom stereocenters. The van der Waals surface area contributed by atoms with Crippen LogP contribution in [-0.2, 0) is 35.5 Å². The average Bonchev–Trinajstić information content (AvgIpc) is 3.43. The lowest BCUT2D eigenvalue weighted by molar-refractivity contribution is -0.113. The van der Waals surface area contributed by atoms with Crippen LogP contribution in [0.3, 0.4) is 0 Å². The van der Waals surface area contributed by atoms with Gasteiger partial charge in [-0.25, -0.2) is 4.79 Å². The molecule has 0 bridgehead atoms. The van der Waals surface area contributed by atoms with Gasteiger partial charge in [0.2, 0.25) is 5.91 Å². The van der Waals surface area contributed by atoms with Gasteiger partial charge in [-0.15, -0.1) is 28.1 Å². The number of methoxy groups -OCH3 is 1. The number of carbonyl (C=O) groups is 2. The first-order valence-corrected chi connectivity index (χ1v) is 14.1. The van der Waals surface area contributed by atoms with Gasteiger partial charge < -0.3 is 14.8 Å². The third-order valence-electron chi connectivity index (χ3n) is 6.09. The number of thioether (sulfide) groups is 1. The van der Waals surface area contributed by atoms with E-state index in [-0.39, 0.29) is 18.3 Å². The minimum atomic E-state index is -0.416. The fraction of sp³-hybridized carbons (Fsp3) is 0.385. The molecule has 2 heterocycles. The molecule has 0 saturated heterocycles. The molecule has 1 aromatic carbocycles. The second-order valence-corrected chi connectivity index (χ2v) is 11.3. The van der Waals surface area contributed by atoms with E-state index in [0.29, 0.717) is 44.8 Å². The maximum absolute atomic E-state index is 12.9. The summed E-state index contributed by atoms with van der Waals surface area (Å²) in [6, 6.07) is 5.45. The van der Waals surface area contributed by atoms with E-state index < -0.39 is 5.97 Å². The Bertz CT molecular complexity index is 1320. The van der Waals surface area contributed by atoms with Crippen molar-refractivity contribution in [1.82, 2.24) is 14.8 Å². The lowest BCUT2D eigenvalue weighted by Gasteiger charge is -2.18. The van der Waals surface area contributed by atoms with Crippen molar-refractivity contribution in [1.29, 1.82) is 0 Å². The summed E-state index contributed by atoms with van der Waals surface area (Å²) in [4.78, 5) is 26.5. The zero-order valence-corrected chi connectivity index (χ0v) is 23.4. The van der Waals surface area contributed by atoms with Gasteiger partial charge in [-0.3, -0.25) is 9.36 Å². The smallest absolute Gasteiger partial charge is 0.341 e. The van der Waals surface area contributed by atoms with Gasteiger partial charge in [-0.05, 0) is 61.4 Å². The van der Waals surface area contributed by atoms with Gasteiger partial charge in [-0.2, -0.15) is 0 Å². The molecule has 3 aromatic rings. The van der Waals surface area contributed by atoms with Gasteiger partial charge in [0, 0.05) is 16.4 Å². The first kappa shape index (κ1) is 27.2. The second kappa shape index (κ2) is 12.1. The van der Waals surface area contributed by atoms with Crippen LogP contribution >= 0.6 is 34.7 Å². The number of benzene rings is 1. The highest BCUT2D eigenvalue weighted by Gasteiger charge is 2.29. The van der Waals surface area contributed by atoms with Crippen LogP contribution in [-0.4, -0.2) is 39.5 Å². The van der Waals surface area contributed by atoms with Crippen molar-refractivity contribution in [2.75, 3.05) is 18.2 Å². The van der Waals surface area contributed by atoms with Crippen molar-refractivity contribution in [2.24, 2.45) is 5.92 Å². The van der Waals surface area contributed by atoms with Gasteiger partial charge in [0.25, 0.3) is 0 Å². The fourth-order valence-corrected chi connectivity index (χ4v) is 6.45. The number of rotatable bonds is 10. The molecule has 37 heavy (non-hydrogen) atoms. The Morgan fingerprint density at radius 1 is 1.38 bits per heavy atom. The number of ether oxygens (including phenoxy) is 2. The normalized spacial score (nSPS) is 14.6. The number of aromatic nitrogens is 3. The number of esters is 1. The number of aryl methyl sites for hydroxylation is 1. The van der Waals surface area contributed by atoms with Gasteiger partial charge in [-0.1, -0.05) is 36.4 Å². The Kier molecular flexibility index (Phi) is 8.94. The van der Waals surface area contributed by atoms with E-state index in [4.69, 9.17) is 21.1 Å². The van der Waals surface area contributed by atoms with E-state index in [1.54, 1.807) is 18.2 Å². The molecule has 1 aliphatic carbocycles. The van der Waals surface area contributed by atoms with Crippen LogP contribution < -0.4 is 10.1 Å². The number of hydrogen-bond acceptors (Lipinski definition) is 8. The zero-order chi connectivity index (χ0) is 26.5. The van der Waals surface area contributed by atoms with Crippen molar-refractivity contribution in [3.8, 4) is 5.75 Å². The lowest BCUT2D eigenvalue weighted by Crippen LogP contribution is -2.17. The van der Waals surface area contributed by atoms with Crippen molar-refractivity contribution >= 4 is 51.6 Å². The first-order valence-electron chi connectivity index (χ1n) is 11.9. The maximum atomic E-state index is 12.9. The molecule has 1 unspecified atom stereocenters. The van der Waals surface area contributed by atoms with Crippen LogP contribution in [0.2, 0.25) is 5.02 Å². The summed E-state index contributed by atoms with van der Waals surface area (Å²) in [5.41, 5.74) is 2.41. The summed E-state index contributed by atoms with van der Waals surface area (Å²) in [5.74, 6) is 1.30. The number of nitrogens with one attached hydrogen (secondary N) is 1. The van der Waals surface area contributed by atoms with Gasteiger partial charge in [0.15, 0.2) is 11.0 Å². The number of anilines is 1. The molecule has 2 aromatic heterocycles. The molecule has 0 aliphatic heterocycles. The highest BCUT2D eigenvalue weighted by Crippen LogP contribution is 2.40. The van der Waals surface area contributed by atoms with Crippen LogP contribution in [0.1, 0.15) is 45.5 Å². The number of carbonyl (C=O) groups excluding carboxylic acids is 2. The summed E-state index contributed by atoms with van der Waals surface area (Å²) < 4.78 is 12.8. The summed E-state index contributed by atoms with van der Waals surface area (Å²) in [6.45, 7) is 8.60. The average molecular weight is 561 g/mol. The van der Waals surface area contributed by atoms with Crippen molar-refractivity contribution in [2.45, 2.75) is 51.4 Å². The SMILES string of the molecule is C=CCn1c(COc2ccc(Cl)c(C)c2)nnc1SCC(=O)Nc1sc2c(c1C(=O)OC)CCC(C)C2. The predicted octanol–water partition coefficient (Wildman–Crippen LogP) is 5.71. The van der Waals surface area contributed by atoms with Crippen molar-refractivity contribution in [3.63, 3.8) is 0 Å². The number of halogens is 1. The molecule has 196 valence electrons. The van der Waals surface area contributed by atoms with Crippen LogP contribution in [0.5, 0.6) is 5.75 Å². The fourth-order valence-electron chi connectivity index (χ4n) is 4.15. The summed E-state index contributed by atoms with van der Waals surface area (Å²) in [7, 11) is 1.36. The number of hydrogen-bond donors (Lipinski definition) is 1. The Labute approximate surface area is 229 Å². The van der Waals surface area contributed by atoms with E-state index in [2.05, 4.69) is 29.0 Å². The summed E-state index contributed by atoms with van der Waals surface area (Å²) >= 11 is 8.82. The Balaban J connectivity index is 1.43. The van der Waals surface area contributed by atoms with Crippen LogP contribution in [0, 0.1) is 12.8 Å². The second-order valence-electron chi connectivity index (χ2n) is 8.88. The van der Waals surface area contributed by atoms with E-state index in [9.17, 15) is 9.59 Å². The molecular weight excluding hydrogens is 532 g/mol. The van der Waals surface area contributed by atoms with Crippen LogP contribution in [0.15, 0.2) is 36.0 Å². The topological polar surface area (TPSA) is 95.3 Å². The molecular formula is C26H29ClN4O4S2. The Morgan fingerprint density at radius 3 is 2.92 bits per heavy atom. The van der Waals surface area contributed by atoms with E-state index in [1.165, 1.54) is 30.2 Å². The molecule has 0 radical (unpaired) electrons. The zero-order valence-electron chi connectivity index (χ0n) is 21.0. The molecule has 0 fully saturated rings. The Morgan fingerprint density at radius 2 is 2.19 bits per heavy atom. The van der Waals surface area contributed by atoms with E-state index >= 15 is 0 Å². The minimum absolute atomic E-state index is 0.103. The molecule has 1 N–H and O–H groups in total. The first-order chi connectivity index (χ1) is 17.8. The monoisotopic (exact) mass is 560 g/mol. The van der Waals surface area contributed by atoms with Crippen molar-refractivity contribution < 1.29 is 19.1 Å². The standard InChI is InChI=1S/C26H29ClN4O4S2/c1-5-10-31-21(13-35-17-7-9-19(27)16(3)12-17)29-30-26(31)36-14-22(32)28-24-23(25(33)34-4)18-8-6-15(2)11-20(18)37-24/h5,7,9,12,15H,1,6,8,10-11,13-14H2,2-4H3,(H,28,32). The largest absolute Gasteiger partial charge is 0.486 e. The number of nitrogens with zero attached hydrogens (tertiary/aromatic N) is 3. The summed E-state index contributed by atoms with van der Waals surface area (Å²) in [6.07, 6.45) is 4.47. The number of amides is 1. The van der Waals surface area contributed by atoms with Crippen LogP contribution in [0.4, 0.5) is 5.00 Å². The lowest BCUT2D eigenvalue weighted by atomic mass is 9.88. The van der Waals surface area contributed by atoms with Crippen LogP contribution in [0.25, 0.3) is 0 Å². The maximum Gasteiger partial charge on any atom is 0.341 e. The third-order valence-corrected chi connectivity index (χ3v) is 8.65. The van der Waals surface area contributed by atoms with Gasteiger partial charge >= 0.3 is 5.97 Å². The molecule has 0 saturated carbocycles. The Hall–Kier alpha value is -2.82. The number of thiophene rings is 1. The third kappa shape index (κ3) is 6.37. The molecule has 4 rings (SSSR count). The highest BCUT2D eigenvalue weighted by atomic mass is 35.5. The van der Waals surface area contributed by atoms with Crippen molar-refractivity contribution in [3.05, 3.63) is 63.3 Å². The van der Waals surface area contributed by atoms with Gasteiger partial charge in [0.1, 0.15) is 17.4 Å². The molecule has 1 amide bonds. The number of fused-ring (bicyclic) bond motifs is 1. The molecule has 1 aliphatic rings. The highest BCUT2D eigenvalue weighted by molar-refractivity contribution is 7.99. The van der Waals surface area contributed by atoms with Gasteiger partial charge in [0.05, 0.1) is 18.4 Å². The molecule has 11 heteroatoms. The van der Waals surface area contributed by atoms with E-state index in [0.717, 1.165) is 35.3 Å². The summed E-state index contributed by atoms with van der Waals surface area (Å²) in [5, 5.41) is 13.2. The van der Waals surface area contributed by atoms with E-state index in [1.807, 2.05) is 17.6 Å². The minimum Gasteiger partial charge on any atom is -0.486 e. The molecule has 0 spiro atoms. The number of allylic oxidation sites excluding steroid dienone is 1.